The average Bonchev–Trinajstić information content (AvgIpc) is 2.99. The Labute approximate surface area is 123 Å². The molecule has 0 spiro atoms. The fourth-order valence-corrected chi connectivity index (χ4v) is 2.16. The van der Waals surface area contributed by atoms with E-state index in [9.17, 15) is 9.59 Å². The first-order chi connectivity index (χ1) is 10.2. The van der Waals surface area contributed by atoms with Gasteiger partial charge in [0, 0.05) is 5.69 Å². The molecule has 0 heterocycles. The number of esters is 1. The molecule has 5 heteroatoms. The lowest BCUT2D eigenvalue weighted by atomic mass is 10.1. The van der Waals surface area contributed by atoms with Gasteiger partial charge in [-0.05, 0) is 43.0 Å². The number of amides is 1. The molecule has 0 saturated heterocycles. The van der Waals surface area contributed by atoms with Gasteiger partial charge >= 0.3 is 5.97 Å². The topological polar surface area (TPSA) is 64.6 Å². The van der Waals surface area contributed by atoms with Crippen LogP contribution in [0.15, 0.2) is 36.4 Å². The van der Waals surface area contributed by atoms with Crippen LogP contribution in [0, 0.1) is 5.92 Å². The van der Waals surface area contributed by atoms with Gasteiger partial charge in [0.1, 0.15) is 5.75 Å². The second-order valence-corrected chi connectivity index (χ2v) is 4.91. The van der Waals surface area contributed by atoms with E-state index in [2.05, 4.69) is 11.4 Å². The van der Waals surface area contributed by atoms with Gasteiger partial charge in [0.15, 0.2) is 6.61 Å². The third-order valence-electron chi connectivity index (χ3n) is 3.28. The summed E-state index contributed by atoms with van der Waals surface area (Å²) in [7, 11) is 1.58. The normalized spacial score (nSPS) is 16.5. The van der Waals surface area contributed by atoms with E-state index in [1.165, 1.54) is 0 Å². The summed E-state index contributed by atoms with van der Waals surface area (Å²) in [5.74, 6) is 0.276. The number of rotatable bonds is 6. The summed E-state index contributed by atoms with van der Waals surface area (Å²) in [5, 5.41) is 2.66. The Morgan fingerprint density at radius 2 is 2.05 bits per heavy atom. The molecule has 5 nitrogen and oxygen atoms in total. The number of anilines is 1. The minimum atomic E-state index is -0.351. The number of ether oxygens (including phenoxy) is 2. The van der Waals surface area contributed by atoms with E-state index < -0.39 is 0 Å². The summed E-state index contributed by atoms with van der Waals surface area (Å²) in [6.45, 7) is -0.263. The number of carbonyl (C=O) groups excluding carboxylic acids is 2. The molecule has 1 N–H and O–H groups in total. The van der Waals surface area contributed by atoms with Crippen LogP contribution >= 0.6 is 0 Å². The summed E-state index contributed by atoms with van der Waals surface area (Å²) in [6.07, 6.45) is 6.42. The lowest BCUT2D eigenvalue weighted by Gasteiger charge is -2.09. The molecule has 0 fully saturated rings. The van der Waals surface area contributed by atoms with Crippen molar-refractivity contribution in [3.63, 3.8) is 0 Å². The molecule has 0 radical (unpaired) electrons. The maximum absolute atomic E-state index is 11.7. The summed E-state index contributed by atoms with van der Waals surface area (Å²) in [4.78, 5) is 23.3. The van der Waals surface area contributed by atoms with Gasteiger partial charge < -0.3 is 14.8 Å². The maximum atomic E-state index is 11.7. The summed E-state index contributed by atoms with van der Waals surface area (Å²) >= 11 is 0. The van der Waals surface area contributed by atoms with Crippen molar-refractivity contribution in [1.29, 1.82) is 0 Å². The van der Waals surface area contributed by atoms with Crippen LogP contribution < -0.4 is 10.1 Å². The molecule has 1 amide bonds. The van der Waals surface area contributed by atoms with Crippen molar-refractivity contribution < 1.29 is 19.1 Å². The second kappa shape index (κ2) is 7.47. The zero-order chi connectivity index (χ0) is 15.1. The number of allylic oxidation sites excluding steroid dienone is 2. The van der Waals surface area contributed by atoms with Crippen LogP contribution in [-0.2, 0) is 14.3 Å². The van der Waals surface area contributed by atoms with E-state index in [-0.39, 0.29) is 24.4 Å². The number of hydrogen-bond donors (Lipinski definition) is 1. The van der Waals surface area contributed by atoms with E-state index in [4.69, 9.17) is 9.47 Å². The minimum Gasteiger partial charge on any atom is -0.497 e. The van der Waals surface area contributed by atoms with Gasteiger partial charge in [-0.2, -0.15) is 0 Å². The standard InChI is InChI=1S/C16H19NO4/c1-20-14-8-6-13(7-9-14)17-15(18)11-21-16(19)10-12-4-2-3-5-12/h2,4,6-9,12H,3,5,10-11H2,1H3,(H,17,18)/t12-/m0/s1. The quantitative estimate of drug-likeness (QED) is 0.645. The monoisotopic (exact) mass is 289 g/mol. The van der Waals surface area contributed by atoms with Crippen LogP contribution in [0.2, 0.25) is 0 Å². The Balaban J connectivity index is 1.71. The van der Waals surface area contributed by atoms with E-state index >= 15 is 0 Å². The second-order valence-electron chi connectivity index (χ2n) is 4.91. The third kappa shape index (κ3) is 4.95. The molecule has 0 unspecified atom stereocenters. The van der Waals surface area contributed by atoms with Gasteiger partial charge in [0.25, 0.3) is 5.91 Å². The fourth-order valence-electron chi connectivity index (χ4n) is 2.16. The molecule has 0 aliphatic heterocycles. The molecule has 2 rings (SSSR count). The number of nitrogens with one attached hydrogen (secondary N) is 1. The van der Waals surface area contributed by atoms with E-state index in [1.807, 2.05) is 6.08 Å². The first-order valence-corrected chi connectivity index (χ1v) is 6.93. The van der Waals surface area contributed by atoms with Crippen LogP contribution in [0.3, 0.4) is 0 Å². The van der Waals surface area contributed by atoms with Crippen molar-refractivity contribution >= 4 is 17.6 Å². The molecule has 1 aromatic rings. The van der Waals surface area contributed by atoms with Crippen molar-refractivity contribution in [2.75, 3.05) is 19.0 Å². The summed E-state index contributed by atoms with van der Waals surface area (Å²) in [5.41, 5.74) is 0.635. The smallest absolute Gasteiger partial charge is 0.306 e. The van der Waals surface area contributed by atoms with Crippen LogP contribution in [0.1, 0.15) is 19.3 Å². The fraction of sp³-hybridized carbons (Fsp3) is 0.375. The van der Waals surface area contributed by atoms with E-state index in [1.54, 1.807) is 31.4 Å². The minimum absolute atomic E-state index is 0.252. The largest absolute Gasteiger partial charge is 0.497 e. The van der Waals surface area contributed by atoms with Gasteiger partial charge in [-0.15, -0.1) is 0 Å². The molecule has 1 aliphatic carbocycles. The number of hydrogen-bond acceptors (Lipinski definition) is 4. The first kappa shape index (κ1) is 15.1. The van der Waals surface area contributed by atoms with E-state index in [0.29, 0.717) is 17.9 Å². The predicted octanol–water partition coefficient (Wildman–Crippen LogP) is 2.53. The molecule has 0 aromatic heterocycles. The lowest BCUT2D eigenvalue weighted by Crippen LogP contribution is -2.21. The zero-order valence-electron chi connectivity index (χ0n) is 12.0. The Morgan fingerprint density at radius 3 is 2.67 bits per heavy atom. The Bertz CT molecular complexity index is 522. The number of methoxy groups -OCH3 is 1. The number of carbonyl (C=O) groups is 2. The summed E-state index contributed by atoms with van der Waals surface area (Å²) < 4.78 is 10.0. The molecule has 0 bridgehead atoms. The predicted molar refractivity (Wildman–Crippen MR) is 79.1 cm³/mol. The van der Waals surface area contributed by atoms with Crippen molar-refractivity contribution in [1.82, 2.24) is 0 Å². The average molecular weight is 289 g/mol. The van der Waals surface area contributed by atoms with Crippen LogP contribution in [0.25, 0.3) is 0 Å². The van der Waals surface area contributed by atoms with Crippen molar-refractivity contribution in [3.05, 3.63) is 36.4 Å². The molecule has 112 valence electrons. The first-order valence-electron chi connectivity index (χ1n) is 6.93. The molecular formula is C16H19NO4. The molecule has 0 saturated carbocycles. The maximum Gasteiger partial charge on any atom is 0.306 e. The van der Waals surface area contributed by atoms with Gasteiger partial charge in [-0.3, -0.25) is 9.59 Å². The van der Waals surface area contributed by atoms with Gasteiger partial charge in [-0.1, -0.05) is 12.2 Å². The third-order valence-corrected chi connectivity index (χ3v) is 3.28. The van der Waals surface area contributed by atoms with Crippen molar-refractivity contribution in [2.24, 2.45) is 5.92 Å². The van der Waals surface area contributed by atoms with Crippen LogP contribution in [-0.4, -0.2) is 25.6 Å². The summed E-state index contributed by atoms with van der Waals surface area (Å²) in [6, 6.07) is 6.94. The van der Waals surface area contributed by atoms with Gasteiger partial charge in [0.05, 0.1) is 13.5 Å². The molecule has 21 heavy (non-hydrogen) atoms. The highest BCUT2D eigenvalue weighted by molar-refractivity contribution is 5.92. The highest BCUT2D eigenvalue weighted by Gasteiger charge is 2.15. The van der Waals surface area contributed by atoms with Crippen molar-refractivity contribution in [2.45, 2.75) is 19.3 Å². The number of benzene rings is 1. The lowest BCUT2D eigenvalue weighted by molar-refractivity contribution is -0.147. The molecular weight excluding hydrogens is 270 g/mol. The highest BCUT2D eigenvalue weighted by Crippen LogP contribution is 2.20. The van der Waals surface area contributed by atoms with E-state index in [0.717, 1.165) is 12.8 Å². The molecule has 1 aromatic carbocycles. The zero-order valence-corrected chi connectivity index (χ0v) is 12.0. The van der Waals surface area contributed by atoms with Crippen LogP contribution in [0.4, 0.5) is 5.69 Å². The van der Waals surface area contributed by atoms with Crippen LogP contribution in [0.5, 0.6) is 5.75 Å². The highest BCUT2D eigenvalue weighted by atomic mass is 16.5. The Morgan fingerprint density at radius 1 is 1.29 bits per heavy atom. The SMILES string of the molecule is COc1ccc(NC(=O)COC(=O)C[C@H]2C=CCC2)cc1. The van der Waals surface area contributed by atoms with Gasteiger partial charge in [0.2, 0.25) is 0 Å². The molecule has 1 atom stereocenters. The van der Waals surface area contributed by atoms with Gasteiger partial charge in [-0.25, -0.2) is 0 Å². The van der Waals surface area contributed by atoms with Crippen molar-refractivity contribution in [3.8, 4) is 5.75 Å². The molecule has 1 aliphatic rings. The Kier molecular flexibility index (Phi) is 5.37. The Hall–Kier alpha value is -2.30.